The Bertz CT molecular complexity index is 722. The lowest BCUT2D eigenvalue weighted by atomic mass is 10.1. The lowest BCUT2D eigenvalue weighted by molar-refractivity contribution is 0.384. The maximum absolute atomic E-state index is 9.56. The summed E-state index contributed by atoms with van der Waals surface area (Å²) in [6.45, 7) is 2.38. The van der Waals surface area contributed by atoms with Crippen LogP contribution in [0, 0.1) is 6.92 Å². The number of rotatable bonds is 3. The van der Waals surface area contributed by atoms with Crippen LogP contribution in [0.1, 0.15) is 11.5 Å². The van der Waals surface area contributed by atoms with Gasteiger partial charge in [-0.25, -0.2) is 4.98 Å². The van der Waals surface area contributed by atoms with Gasteiger partial charge in [0.2, 0.25) is 0 Å². The molecule has 2 heterocycles. The summed E-state index contributed by atoms with van der Waals surface area (Å²) in [5.41, 5.74) is 0.848. The first-order valence-corrected chi connectivity index (χ1v) is 5.96. The molecule has 0 amide bonds. The number of phenols is 1. The Morgan fingerprint density at radius 2 is 2.16 bits per heavy atom. The Balaban J connectivity index is 1.90. The fourth-order valence-corrected chi connectivity index (χ4v) is 1.97. The average molecular weight is 255 g/mol. The highest BCUT2D eigenvalue weighted by molar-refractivity contribution is 5.92. The zero-order valence-corrected chi connectivity index (χ0v) is 10.4. The number of aromatic hydroxyl groups is 1. The highest BCUT2D eigenvalue weighted by Gasteiger charge is 2.05. The minimum Gasteiger partial charge on any atom is -0.508 e. The van der Waals surface area contributed by atoms with E-state index in [9.17, 15) is 5.11 Å². The van der Waals surface area contributed by atoms with E-state index in [0.29, 0.717) is 12.4 Å². The van der Waals surface area contributed by atoms with Gasteiger partial charge in [-0.05, 0) is 30.5 Å². The standard InChI is InChI=1S/C14H13N3O2/c1-9-6-12(19-17-9)8-16-14-13-7-11(18)3-2-10(13)4-5-15-14/h2-7,18H,8H2,1H3,(H,15,16). The molecule has 0 aliphatic rings. The first-order chi connectivity index (χ1) is 9.22. The van der Waals surface area contributed by atoms with Gasteiger partial charge in [0, 0.05) is 17.6 Å². The van der Waals surface area contributed by atoms with Gasteiger partial charge in [0.25, 0.3) is 0 Å². The summed E-state index contributed by atoms with van der Waals surface area (Å²) in [6.07, 6.45) is 1.73. The number of anilines is 1. The first kappa shape index (κ1) is 11.5. The predicted molar refractivity (Wildman–Crippen MR) is 72.0 cm³/mol. The Morgan fingerprint density at radius 1 is 1.26 bits per heavy atom. The molecule has 2 N–H and O–H groups in total. The lowest BCUT2D eigenvalue weighted by Crippen LogP contribution is -2.00. The summed E-state index contributed by atoms with van der Waals surface area (Å²) in [6, 6.07) is 8.98. The smallest absolute Gasteiger partial charge is 0.156 e. The number of hydrogen-bond donors (Lipinski definition) is 2. The molecule has 0 bridgehead atoms. The number of fused-ring (bicyclic) bond motifs is 1. The van der Waals surface area contributed by atoms with Crippen molar-refractivity contribution in [2.75, 3.05) is 5.32 Å². The maximum Gasteiger partial charge on any atom is 0.156 e. The van der Waals surface area contributed by atoms with Crippen LogP contribution in [0.4, 0.5) is 5.82 Å². The van der Waals surface area contributed by atoms with Crippen LogP contribution in [-0.4, -0.2) is 15.2 Å². The molecule has 96 valence electrons. The second-order valence-electron chi connectivity index (χ2n) is 4.35. The van der Waals surface area contributed by atoms with Gasteiger partial charge in [0.1, 0.15) is 11.6 Å². The summed E-state index contributed by atoms with van der Waals surface area (Å²) >= 11 is 0. The molecule has 5 heteroatoms. The van der Waals surface area contributed by atoms with Crippen molar-refractivity contribution in [1.82, 2.24) is 10.1 Å². The molecular formula is C14H13N3O2. The summed E-state index contributed by atoms with van der Waals surface area (Å²) in [5.74, 6) is 1.68. The summed E-state index contributed by atoms with van der Waals surface area (Å²) in [7, 11) is 0. The van der Waals surface area contributed by atoms with Crippen LogP contribution in [0.2, 0.25) is 0 Å². The molecule has 0 fully saturated rings. The summed E-state index contributed by atoms with van der Waals surface area (Å²) in [5, 5.41) is 18.5. The zero-order valence-electron chi connectivity index (χ0n) is 10.4. The number of phenolic OH excluding ortho intramolecular Hbond substituents is 1. The van der Waals surface area contributed by atoms with Crippen molar-refractivity contribution >= 4 is 16.6 Å². The van der Waals surface area contributed by atoms with E-state index >= 15 is 0 Å². The molecule has 0 aliphatic heterocycles. The molecule has 0 saturated heterocycles. The van der Waals surface area contributed by atoms with Crippen LogP contribution in [0.15, 0.2) is 41.1 Å². The molecule has 0 radical (unpaired) electrons. The zero-order chi connectivity index (χ0) is 13.2. The van der Waals surface area contributed by atoms with Crippen molar-refractivity contribution in [1.29, 1.82) is 0 Å². The van der Waals surface area contributed by atoms with E-state index in [0.717, 1.165) is 22.2 Å². The van der Waals surface area contributed by atoms with Crippen molar-refractivity contribution in [2.24, 2.45) is 0 Å². The second kappa shape index (κ2) is 4.61. The average Bonchev–Trinajstić information content (AvgIpc) is 2.82. The van der Waals surface area contributed by atoms with Gasteiger partial charge in [-0.3, -0.25) is 0 Å². The number of pyridine rings is 1. The topological polar surface area (TPSA) is 71.2 Å². The molecule has 2 aromatic heterocycles. The van der Waals surface area contributed by atoms with Crippen molar-refractivity contribution in [2.45, 2.75) is 13.5 Å². The van der Waals surface area contributed by atoms with Crippen LogP contribution in [-0.2, 0) is 6.54 Å². The number of benzene rings is 1. The van der Waals surface area contributed by atoms with Gasteiger partial charge >= 0.3 is 0 Å². The van der Waals surface area contributed by atoms with E-state index in [4.69, 9.17) is 4.52 Å². The Kier molecular flexibility index (Phi) is 2.79. The van der Waals surface area contributed by atoms with E-state index in [1.54, 1.807) is 18.3 Å². The summed E-state index contributed by atoms with van der Waals surface area (Å²) in [4.78, 5) is 4.29. The van der Waals surface area contributed by atoms with Gasteiger partial charge in [0.05, 0.1) is 12.2 Å². The van der Waals surface area contributed by atoms with Crippen molar-refractivity contribution in [3.05, 3.63) is 48.0 Å². The second-order valence-corrected chi connectivity index (χ2v) is 4.35. The van der Waals surface area contributed by atoms with Crippen LogP contribution < -0.4 is 5.32 Å². The lowest BCUT2D eigenvalue weighted by Gasteiger charge is -2.07. The molecule has 0 unspecified atom stereocenters. The van der Waals surface area contributed by atoms with Crippen molar-refractivity contribution in [3.8, 4) is 5.75 Å². The number of aromatic nitrogens is 2. The molecule has 5 nitrogen and oxygen atoms in total. The van der Waals surface area contributed by atoms with Crippen LogP contribution in [0.3, 0.4) is 0 Å². The maximum atomic E-state index is 9.56. The van der Waals surface area contributed by atoms with Crippen LogP contribution >= 0.6 is 0 Å². The Morgan fingerprint density at radius 3 is 2.95 bits per heavy atom. The highest BCUT2D eigenvalue weighted by Crippen LogP contribution is 2.25. The quantitative estimate of drug-likeness (QED) is 0.753. The van der Waals surface area contributed by atoms with Crippen LogP contribution in [0.25, 0.3) is 10.8 Å². The van der Waals surface area contributed by atoms with Crippen molar-refractivity contribution in [3.63, 3.8) is 0 Å². The molecule has 0 saturated carbocycles. The largest absolute Gasteiger partial charge is 0.508 e. The van der Waals surface area contributed by atoms with Gasteiger partial charge in [-0.15, -0.1) is 0 Å². The van der Waals surface area contributed by atoms with Gasteiger partial charge < -0.3 is 14.9 Å². The van der Waals surface area contributed by atoms with E-state index in [1.807, 2.05) is 25.1 Å². The fourth-order valence-electron chi connectivity index (χ4n) is 1.97. The van der Waals surface area contributed by atoms with E-state index < -0.39 is 0 Å². The third kappa shape index (κ3) is 2.35. The Hall–Kier alpha value is -2.56. The third-order valence-electron chi connectivity index (χ3n) is 2.86. The number of aryl methyl sites for hydroxylation is 1. The number of hydrogen-bond acceptors (Lipinski definition) is 5. The normalized spacial score (nSPS) is 10.8. The van der Waals surface area contributed by atoms with Gasteiger partial charge in [-0.1, -0.05) is 11.2 Å². The van der Waals surface area contributed by atoms with E-state index in [1.165, 1.54) is 0 Å². The van der Waals surface area contributed by atoms with Gasteiger partial charge in [-0.2, -0.15) is 0 Å². The Labute approximate surface area is 109 Å². The molecule has 0 spiro atoms. The minimum absolute atomic E-state index is 0.221. The molecule has 0 aliphatic carbocycles. The fraction of sp³-hybridized carbons (Fsp3) is 0.143. The van der Waals surface area contributed by atoms with Gasteiger partial charge in [0.15, 0.2) is 5.76 Å². The van der Waals surface area contributed by atoms with Crippen LogP contribution in [0.5, 0.6) is 5.75 Å². The SMILES string of the molecule is Cc1cc(CNc2nccc3ccc(O)cc23)on1. The molecular weight excluding hydrogens is 242 g/mol. The first-order valence-electron chi connectivity index (χ1n) is 5.96. The van der Waals surface area contributed by atoms with E-state index in [-0.39, 0.29) is 5.75 Å². The molecule has 19 heavy (non-hydrogen) atoms. The number of nitrogens with zero attached hydrogens (tertiary/aromatic N) is 2. The monoisotopic (exact) mass is 255 g/mol. The summed E-state index contributed by atoms with van der Waals surface area (Å²) < 4.78 is 5.13. The molecule has 1 aromatic carbocycles. The van der Waals surface area contributed by atoms with E-state index in [2.05, 4.69) is 15.5 Å². The van der Waals surface area contributed by atoms with Crippen molar-refractivity contribution < 1.29 is 9.63 Å². The minimum atomic E-state index is 0.221. The molecule has 0 atom stereocenters. The third-order valence-corrected chi connectivity index (χ3v) is 2.86. The molecule has 3 aromatic rings. The predicted octanol–water partition coefficient (Wildman–Crippen LogP) is 2.85. The molecule has 3 rings (SSSR count). The number of nitrogens with one attached hydrogen (secondary N) is 1. The highest BCUT2D eigenvalue weighted by atomic mass is 16.5.